The number of imidazole rings is 1. The highest BCUT2D eigenvalue weighted by Crippen LogP contribution is 2.21. The van der Waals surface area contributed by atoms with Crippen LogP contribution in [0.4, 0.5) is 5.13 Å². The van der Waals surface area contributed by atoms with Gasteiger partial charge in [0.2, 0.25) is 5.13 Å². The van der Waals surface area contributed by atoms with Crippen LogP contribution < -0.4 is 10.2 Å². The molecule has 0 aliphatic heterocycles. The molecular weight excluding hydrogens is 378 g/mol. The quantitative estimate of drug-likeness (QED) is 0.338. The minimum atomic E-state index is -0.286. The molecule has 0 fully saturated rings. The number of ether oxygens (including phenoxy) is 2. The Kier molecular flexibility index (Phi) is 6.74. The molecule has 3 rings (SSSR count). The van der Waals surface area contributed by atoms with Crippen molar-refractivity contribution in [3.63, 3.8) is 0 Å². The van der Waals surface area contributed by atoms with E-state index in [9.17, 15) is 4.79 Å². The largest absolute Gasteiger partial charge is 0.496 e. The molecule has 0 aliphatic rings. The van der Waals surface area contributed by atoms with Gasteiger partial charge in [-0.3, -0.25) is 10.2 Å². The lowest BCUT2D eigenvalue weighted by atomic mass is 10.1. The summed E-state index contributed by atoms with van der Waals surface area (Å²) in [5.41, 5.74) is 5.50. The number of anilines is 1. The number of nitrogens with one attached hydrogen (secondary N) is 1. The summed E-state index contributed by atoms with van der Waals surface area (Å²) >= 11 is 1.38. The number of hydrogen-bond donors (Lipinski definition) is 1. The number of hydrogen-bond acceptors (Lipinski definition) is 8. The summed E-state index contributed by atoms with van der Waals surface area (Å²) in [7, 11) is 1.65. The number of aromatic nitrogens is 3. The zero-order chi connectivity index (χ0) is 19.8. The molecule has 1 aromatic carbocycles. The third-order valence-electron chi connectivity index (χ3n) is 3.77. The number of thiazole rings is 1. The zero-order valence-electron chi connectivity index (χ0n) is 15.7. The van der Waals surface area contributed by atoms with Crippen molar-refractivity contribution in [3.8, 4) is 5.75 Å². The highest BCUT2D eigenvalue weighted by molar-refractivity contribution is 7.13. The molecule has 1 N–H and O–H groups in total. The predicted molar refractivity (Wildman–Crippen MR) is 108 cm³/mol. The van der Waals surface area contributed by atoms with Gasteiger partial charge in [-0.25, -0.2) is 9.97 Å². The molecule has 2 aromatic heterocycles. The van der Waals surface area contributed by atoms with Crippen molar-refractivity contribution >= 4 is 28.7 Å². The average Bonchev–Trinajstić information content (AvgIpc) is 3.34. The first-order valence-electron chi connectivity index (χ1n) is 8.69. The molecule has 0 radical (unpaired) electrons. The van der Waals surface area contributed by atoms with Crippen LogP contribution in [0.1, 0.15) is 23.7 Å². The van der Waals surface area contributed by atoms with Gasteiger partial charge < -0.3 is 14.0 Å². The predicted octanol–water partition coefficient (Wildman–Crippen LogP) is 2.95. The Morgan fingerprint density at radius 3 is 3.07 bits per heavy atom. The molecular formula is C19H21N5O3S. The summed E-state index contributed by atoms with van der Waals surface area (Å²) in [5.74, 6) is 0.522. The molecule has 0 aliphatic carbocycles. The number of benzene rings is 1. The van der Waals surface area contributed by atoms with Crippen LogP contribution in [-0.2, 0) is 22.5 Å². The zero-order valence-corrected chi connectivity index (χ0v) is 16.5. The summed E-state index contributed by atoms with van der Waals surface area (Å²) < 4.78 is 12.3. The number of hydrazone groups is 1. The molecule has 8 nitrogen and oxygen atoms in total. The lowest BCUT2D eigenvalue weighted by Gasteiger charge is -2.10. The fraction of sp³-hybridized carbons (Fsp3) is 0.263. The van der Waals surface area contributed by atoms with E-state index in [1.165, 1.54) is 11.3 Å². The van der Waals surface area contributed by atoms with Gasteiger partial charge in [-0.15, -0.1) is 11.3 Å². The Bertz CT molecular complexity index is 937. The van der Waals surface area contributed by atoms with Gasteiger partial charge in [-0.2, -0.15) is 5.10 Å². The van der Waals surface area contributed by atoms with Crippen LogP contribution in [0, 0.1) is 0 Å². The lowest BCUT2D eigenvalue weighted by molar-refractivity contribution is -0.142. The van der Waals surface area contributed by atoms with Gasteiger partial charge in [0.05, 0.1) is 44.9 Å². The minimum Gasteiger partial charge on any atom is -0.496 e. The lowest BCUT2D eigenvalue weighted by Crippen LogP contribution is -2.07. The topological polar surface area (TPSA) is 90.6 Å². The summed E-state index contributed by atoms with van der Waals surface area (Å²) in [6.07, 6.45) is 7.28. The molecule has 2 heterocycles. The minimum absolute atomic E-state index is 0.159. The van der Waals surface area contributed by atoms with Gasteiger partial charge >= 0.3 is 5.97 Å². The SMILES string of the molecule is CCOC(=O)Cc1csc(NN=Cc2ccc(OC)c(Cn3ccnc3)c2)n1. The molecule has 0 atom stereocenters. The van der Waals surface area contributed by atoms with E-state index in [0.29, 0.717) is 24.0 Å². The fourth-order valence-electron chi connectivity index (χ4n) is 2.54. The van der Waals surface area contributed by atoms with E-state index in [1.807, 2.05) is 34.3 Å². The van der Waals surface area contributed by atoms with Gasteiger partial charge in [0.25, 0.3) is 0 Å². The van der Waals surface area contributed by atoms with E-state index >= 15 is 0 Å². The van der Waals surface area contributed by atoms with Crippen LogP contribution in [0.25, 0.3) is 0 Å². The Hall–Kier alpha value is -3.20. The van der Waals surface area contributed by atoms with Crippen molar-refractivity contribution in [1.82, 2.24) is 14.5 Å². The van der Waals surface area contributed by atoms with E-state index in [-0.39, 0.29) is 12.4 Å². The summed E-state index contributed by atoms with van der Waals surface area (Å²) in [5, 5.41) is 6.66. The van der Waals surface area contributed by atoms with E-state index in [1.54, 1.807) is 32.8 Å². The molecule has 0 amide bonds. The Morgan fingerprint density at radius 1 is 1.43 bits per heavy atom. The number of nitrogens with zero attached hydrogens (tertiary/aromatic N) is 4. The standard InChI is InChI=1S/C19H21N5O3S/c1-3-27-18(25)9-16-12-28-19(22-16)23-21-10-14-4-5-17(26-2)15(8-14)11-24-7-6-20-13-24/h4-8,10,12-13H,3,9,11H2,1-2H3,(H,22,23). The van der Waals surface area contributed by atoms with Crippen LogP contribution in [0.15, 0.2) is 47.4 Å². The van der Waals surface area contributed by atoms with Gasteiger partial charge in [0, 0.05) is 23.3 Å². The van der Waals surface area contributed by atoms with E-state index in [0.717, 1.165) is 16.9 Å². The highest BCUT2D eigenvalue weighted by atomic mass is 32.1. The third-order valence-corrected chi connectivity index (χ3v) is 4.57. The summed E-state index contributed by atoms with van der Waals surface area (Å²) in [6.45, 7) is 2.80. The van der Waals surface area contributed by atoms with Gasteiger partial charge in [-0.1, -0.05) is 0 Å². The van der Waals surface area contributed by atoms with Gasteiger partial charge in [-0.05, 0) is 30.7 Å². The van der Waals surface area contributed by atoms with Crippen LogP contribution in [-0.4, -0.2) is 40.4 Å². The maximum Gasteiger partial charge on any atom is 0.311 e. The average molecular weight is 399 g/mol. The van der Waals surface area contributed by atoms with Crippen molar-refractivity contribution in [3.05, 3.63) is 59.1 Å². The molecule has 0 bridgehead atoms. The van der Waals surface area contributed by atoms with Crippen molar-refractivity contribution in [2.75, 3.05) is 19.1 Å². The number of methoxy groups -OCH3 is 1. The number of rotatable bonds is 9. The van der Waals surface area contributed by atoms with E-state index in [2.05, 4.69) is 20.5 Å². The van der Waals surface area contributed by atoms with Gasteiger partial charge in [0.15, 0.2) is 0 Å². The molecule has 0 saturated heterocycles. The van der Waals surface area contributed by atoms with Crippen molar-refractivity contribution in [2.45, 2.75) is 19.9 Å². The van der Waals surface area contributed by atoms with Crippen LogP contribution in [0.3, 0.4) is 0 Å². The van der Waals surface area contributed by atoms with Crippen molar-refractivity contribution < 1.29 is 14.3 Å². The Labute approximate surface area is 166 Å². The molecule has 146 valence electrons. The van der Waals surface area contributed by atoms with Gasteiger partial charge in [0.1, 0.15) is 5.75 Å². The second kappa shape index (κ2) is 9.65. The summed E-state index contributed by atoms with van der Waals surface area (Å²) in [6, 6.07) is 5.85. The number of esters is 1. The van der Waals surface area contributed by atoms with Crippen LogP contribution >= 0.6 is 11.3 Å². The van der Waals surface area contributed by atoms with Crippen LogP contribution in [0.2, 0.25) is 0 Å². The van der Waals surface area contributed by atoms with Crippen LogP contribution in [0.5, 0.6) is 5.75 Å². The first kappa shape index (κ1) is 19.6. The highest BCUT2D eigenvalue weighted by Gasteiger charge is 2.08. The second-order valence-corrected chi connectivity index (χ2v) is 6.66. The Balaban J connectivity index is 1.62. The van der Waals surface area contributed by atoms with E-state index in [4.69, 9.17) is 9.47 Å². The fourth-order valence-corrected chi connectivity index (χ4v) is 3.20. The smallest absolute Gasteiger partial charge is 0.311 e. The second-order valence-electron chi connectivity index (χ2n) is 5.80. The van der Waals surface area contributed by atoms with E-state index < -0.39 is 0 Å². The summed E-state index contributed by atoms with van der Waals surface area (Å²) in [4.78, 5) is 19.9. The molecule has 3 aromatic rings. The third kappa shape index (κ3) is 5.40. The number of carbonyl (C=O) groups excluding carboxylic acids is 1. The normalized spacial score (nSPS) is 10.9. The monoisotopic (exact) mass is 399 g/mol. The van der Waals surface area contributed by atoms with Crippen molar-refractivity contribution in [1.29, 1.82) is 0 Å². The molecule has 9 heteroatoms. The molecule has 0 saturated carbocycles. The number of carbonyl (C=O) groups is 1. The van der Waals surface area contributed by atoms with Crippen molar-refractivity contribution in [2.24, 2.45) is 5.10 Å². The maximum atomic E-state index is 11.5. The first-order chi connectivity index (χ1) is 13.7. The Morgan fingerprint density at radius 2 is 2.32 bits per heavy atom. The molecule has 28 heavy (non-hydrogen) atoms. The first-order valence-corrected chi connectivity index (χ1v) is 9.57. The molecule has 0 unspecified atom stereocenters. The maximum absolute atomic E-state index is 11.5. The molecule has 0 spiro atoms.